The van der Waals surface area contributed by atoms with Gasteiger partial charge in [-0.05, 0) is 56.0 Å². The van der Waals surface area contributed by atoms with E-state index in [1.165, 1.54) is 17.5 Å². The Kier molecular flexibility index (Phi) is 3.72. The number of halogens is 1. The number of rotatable bonds is 3. The minimum atomic E-state index is 0.715. The quantitative estimate of drug-likeness (QED) is 0.876. The van der Waals surface area contributed by atoms with Gasteiger partial charge in [0, 0.05) is 0 Å². The summed E-state index contributed by atoms with van der Waals surface area (Å²) in [6.07, 6.45) is 2.30. The Balaban J connectivity index is 2.23. The minimum Gasteiger partial charge on any atom is -0.495 e. The van der Waals surface area contributed by atoms with Crippen LogP contribution in [0.1, 0.15) is 17.5 Å². The van der Waals surface area contributed by atoms with Crippen LogP contribution in [-0.4, -0.2) is 20.2 Å². The molecule has 0 saturated carbocycles. The summed E-state index contributed by atoms with van der Waals surface area (Å²) in [7, 11) is 1.69. The van der Waals surface area contributed by atoms with Crippen molar-refractivity contribution in [2.24, 2.45) is 5.92 Å². The lowest BCUT2D eigenvalue weighted by Crippen LogP contribution is -2.11. The average Bonchev–Trinajstić information content (AvgIpc) is 2.70. The van der Waals surface area contributed by atoms with E-state index in [1.54, 1.807) is 7.11 Å². The molecule has 2 rings (SSSR count). The normalized spacial score (nSPS) is 20.1. The Bertz CT molecular complexity index is 372. The number of hydrogen-bond acceptors (Lipinski definition) is 2. The molecule has 1 heterocycles. The fraction of sp³-hybridized carbons (Fsp3) is 0.538. The number of methoxy groups -OCH3 is 1. The highest BCUT2D eigenvalue weighted by Gasteiger charge is 2.18. The summed E-state index contributed by atoms with van der Waals surface area (Å²) in [6, 6.07) is 4.14. The first-order valence-electron chi connectivity index (χ1n) is 5.74. The molecule has 1 atom stereocenters. The lowest BCUT2D eigenvalue weighted by Gasteiger charge is -2.14. The van der Waals surface area contributed by atoms with Gasteiger partial charge in [-0.25, -0.2) is 0 Å². The highest BCUT2D eigenvalue weighted by molar-refractivity contribution is 6.32. The van der Waals surface area contributed by atoms with Crippen molar-refractivity contribution in [3.8, 4) is 5.75 Å². The molecule has 1 fully saturated rings. The topological polar surface area (TPSA) is 21.3 Å². The van der Waals surface area contributed by atoms with Gasteiger partial charge in [-0.1, -0.05) is 17.7 Å². The van der Waals surface area contributed by atoms with Crippen molar-refractivity contribution in [1.29, 1.82) is 0 Å². The number of nitrogens with one attached hydrogen (secondary N) is 1. The Morgan fingerprint density at radius 3 is 2.94 bits per heavy atom. The van der Waals surface area contributed by atoms with E-state index in [1.807, 2.05) is 6.07 Å². The summed E-state index contributed by atoms with van der Waals surface area (Å²) in [5, 5.41) is 4.11. The predicted octanol–water partition coefficient (Wildman–Crippen LogP) is 2.81. The van der Waals surface area contributed by atoms with Gasteiger partial charge in [0.25, 0.3) is 0 Å². The second kappa shape index (κ2) is 5.07. The molecule has 88 valence electrons. The van der Waals surface area contributed by atoms with Gasteiger partial charge in [0.1, 0.15) is 5.75 Å². The summed E-state index contributed by atoms with van der Waals surface area (Å²) in [5.74, 6) is 1.56. The molecule has 2 nitrogen and oxygen atoms in total. The molecule has 0 bridgehead atoms. The van der Waals surface area contributed by atoms with Crippen LogP contribution in [-0.2, 0) is 6.42 Å². The van der Waals surface area contributed by atoms with Crippen LogP contribution in [0.2, 0.25) is 5.02 Å². The number of ether oxygens (including phenoxy) is 1. The molecule has 0 radical (unpaired) electrons. The second-order valence-corrected chi connectivity index (χ2v) is 4.91. The predicted molar refractivity (Wildman–Crippen MR) is 67.4 cm³/mol. The van der Waals surface area contributed by atoms with Crippen molar-refractivity contribution in [2.45, 2.75) is 19.8 Å². The van der Waals surface area contributed by atoms with Crippen LogP contribution in [0.5, 0.6) is 5.75 Å². The van der Waals surface area contributed by atoms with Gasteiger partial charge in [-0.3, -0.25) is 0 Å². The molecule has 0 spiro atoms. The zero-order valence-corrected chi connectivity index (χ0v) is 10.6. The largest absolute Gasteiger partial charge is 0.495 e. The maximum absolute atomic E-state index is 6.18. The van der Waals surface area contributed by atoms with E-state index in [0.717, 1.165) is 30.3 Å². The Hall–Kier alpha value is -0.730. The van der Waals surface area contributed by atoms with Crippen molar-refractivity contribution in [3.05, 3.63) is 28.3 Å². The van der Waals surface area contributed by atoms with Gasteiger partial charge in [-0.2, -0.15) is 0 Å². The molecule has 1 aromatic rings. The lowest BCUT2D eigenvalue weighted by molar-refractivity contribution is 0.405. The van der Waals surface area contributed by atoms with Crippen LogP contribution < -0.4 is 10.1 Å². The summed E-state index contributed by atoms with van der Waals surface area (Å²) in [5.41, 5.74) is 2.44. The number of hydrogen-bond donors (Lipinski definition) is 1. The Labute approximate surface area is 102 Å². The highest BCUT2D eigenvalue weighted by Crippen LogP contribution is 2.32. The van der Waals surface area contributed by atoms with E-state index < -0.39 is 0 Å². The van der Waals surface area contributed by atoms with E-state index >= 15 is 0 Å². The molecule has 1 aliphatic rings. The molecule has 1 aromatic carbocycles. The van der Waals surface area contributed by atoms with Crippen LogP contribution >= 0.6 is 11.6 Å². The third-order valence-corrected chi connectivity index (χ3v) is 3.42. The molecule has 1 saturated heterocycles. The molecule has 3 heteroatoms. The SMILES string of the molecule is COc1c(Cl)cc(C)cc1CC1CCNC1. The van der Waals surface area contributed by atoms with Gasteiger partial charge < -0.3 is 10.1 Å². The van der Waals surface area contributed by atoms with Gasteiger partial charge in [0.05, 0.1) is 12.1 Å². The van der Waals surface area contributed by atoms with Crippen molar-refractivity contribution in [1.82, 2.24) is 5.32 Å². The summed E-state index contributed by atoms with van der Waals surface area (Å²) < 4.78 is 5.39. The molecule has 1 N–H and O–H groups in total. The first-order valence-corrected chi connectivity index (χ1v) is 6.12. The van der Waals surface area contributed by atoms with Gasteiger partial charge >= 0.3 is 0 Å². The second-order valence-electron chi connectivity index (χ2n) is 4.50. The maximum atomic E-state index is 6.18. The van der Waals surface area contributed by atoms with Gasteiger partial charge in [0.2, 0.25) is 0 Å². The van der Waals surface area contributed by atoms with Gasteiger partial charge in [-0.15, -0.1) is 0 Å². The summed E-state index contributed by atoms with van der Waals surface area (Å²) in [4.78, 5) is 0. The van der Waals surface area contributed by atoms with E-state index in [-0.39, 0.29) is 0 Å². The van der Waals surface area contributed by atoms with Crippen LogP contribution in [0.4, 0.5) is 0 Å². The molecular formula is C13H18ClNO. The molecule has 1 unspecified atom stereocenters. The van der Waals surface area contributed by atoms with Crippen molar-refractivity contribution in [3.63, 3.8) is 0 Å². The Morgan fingerprint density at radius 2 is 2.31 bits per heavy atom. The van der Waals surface area contributed by atoms with Crippen molar-refractivity contribution in [2.75, 3.05) is 20.2 Å². The lowest BCUT2D eigenvalue weighted by atomic mass is 9.97. The standard InChI is InChI=1S/C13H18ClNO/c1-9-5-11(7-10-3-4-15-8-10)13(16-2)12(14)6-9/h5-6,10,15H,3-4,7-8H2,1-2H3. The first kappa shape index (κ1) is 11.7. The number of aryl methyl sites for hydroxylation is 1. The van der Waals surface area contributed by atoms with Crippen LogP contribution in [0.25, 0.3) is 0 Å². The molecular weight excluding hydrogens is 222 g/mol. The van der Waals surface area contributed by atoms with E-state index in [0.29, 0.717) is 5.92 Å². The third-order valence-electron chi connectivity index (χ3n) is 3.14. The molecule has 0 aromatic heterocycles. The van der Waals surface area contributed by atoms with Gasteiger partial charge in [0.15, 0.2) is 0 Å². The first-order chi connectivity index (χ1) is 7.70. The summed E-state index contributed by atoms with van der Waals surface area (Å²) >= 11 is 6.18. The zero-order chi connectivity index (χ0) is 11.5. The number of benzene rings is 1. The fourth-order valence-corrected chi connectivity index (χ4v) is 2.75. The maximum Gasteiger partial charge on any atom is 0.140 e. The van der Waals surface area contributed by atoms with Crippen molar-refractivity contribution < 1.29 is 4.74 Å². The van der Waals surface area contributed by atoms with E-state index in [4.69, 9.17) is 16.3 Å². The molecule has 0 amide bonds. The molecule has 0 aliphatic carbocycles. The minimum absolute atomic E-state index is 0.715. The smallest absolute Gasteiger partial charge is 0.140 e. The summed E-state index contributed by atoms with van der Waals surface area (Å²) in [6.45, 7) is 4.31. The molecule has 16 heavy (non-hydrogen) atoms. The van der Waals surface area contributed by atoms with Crippen LogP contribution in [0.15, 0.2) is 12.1 Å². The third kappa shape index (κ3) is 2.50. The highest BCUT2D eigenvalue weighted by atomic mass is 35.5. The zero-order valence-electron chi connectivity index (χ0n) is 9.85. The van der Waals surface area contributed by atoms with Crippen LogP contribution in [0, 0.1) is 12.8 Å². The fourth-order valence-electron chi connectivity index (χ4n) is 2.38. The molecule has 1 aliphatic heterocycles. The van der Waals surface area contributed by atoms with E-state index in [9.17, 15) is 0 Å². The van der Waals surface area contributed by atoms with Crippen LogP contribution in [0.3, 0.4) is 0 Å². The van der Waals surface area contributed by atoms with E-state index in [2.05, 4.69) is 18.3 Å². The monoisotopic (exact) mass is 239 g/mol. The Morgan fingerprint density at radius 1 is 1.50 bits per heavy atom. The average molecular weight is 240 g/mol. The van der Waals surface area contributed by atoms with Crippen molar-refractivity contribution >= 4 is 11.6 Å².